The molecule has 0 aromatic heterocycles. The summed E-state index contributed by atoms with van der Waals surface area (Å²) in [6.07, 6.45) is 0.303. The first-order valence-electron chi connectivity index (χ1n) is 9.52. The normalized spacial score (nSPS) is 12.0. The number of methoxy groups -OCH3 is 2. The summed E-state index contributed by atoms with van der Waals surface area (Å²) in [7, 11) is 3.31. The first-order valence-corrected chi connectivity index (χ1v) is 9.52. The summed E-state index contributed by atoms with van der Waals surface area (Å²) >= 11 is 0. The molecule has 0 bridgehead atoms. The van der Waals surface area contributed by atoms with E-state index in [1.807, 2.05) is 48.5 Å². The Balaban J connectivity index is 1.65. The molecule has 0 aliphatic heterocycles. The van der Waals surface area contributed by atoms with Gasteiger partial charge in [-0.15, -0.1) is 0 Å². The molecule has 1 atom stereocenters. The molecule has 0 saturated carbocycles. The molecular formula is C22H31NO5. The predicted octanol–water partition coefficient (Wildman–Crippen LogP) is 2.43. The molecular weight excluding hydrogens is 358 g/mol. The van der Waals surface area contributed by atoms with Gasteiger partial charge in [-0.05, 0) is 36.7 Å². The highest BCUT2D eigenvalue weighted by atomic mass is 16.5. The summed E-state index contributed by atoms with van der Waals surface area (Å²) in [4.78, 5) is 0. The van der Waals surface area contributed by atoms with E-state index in [0.29, 0.717) is 26.4 Å². The van der Waals surface area contributed by atoms with Gasteiger partial charge in [0.2, 0.25) is 0 Å². The molecule has 28 heavy (non-hydrogen) atoms. The maximum Gasteiger partial charge on any atom is 0.124 e. The lowest BCUT2D eigenvalue weighted by atomic mass is 10.1. The molecule has 2 aromatic rings. The molecule has 0 amide bonds. The van der Waals surface area contributed by atoms with Gasteiger partial charge in [0.1, 0.15) is 24.2 Å². The van der Waals surface area contributed by atoms with Crippen LogP contribution < -0.4 is 14.8 Å². The Morgan fingerprint density at radius 1 is 1.00 bits per heavy atom. The Kier molecular flexibility index (Phi) is 10.4. The highest BCUT2D eigenvalue weighted by Gasteiger charge is 2.08. The van der Waals surface area contributed by atoms with E-state index in [2.05, 4.69) is 5.32 Å². The molecule has 0 spiro atoms. The monoisotopic (exact) mass is 389 g/mol. The van der Waals surface area contributed by atoms with E-state index in [1.54, 1.807) is 14.2 Å². The van der Waals surface area contributed by atoms with Gasteiger partial charge in [0.15, 0.2) is 0 Å². The summed E-state index contributed by atoms with van der Waals surface area (Å²) in [5, 5.41) is 13.4. The van der Waals surface area contributed by atoms with Crippen molar-refractivity contribution in [2.75, 3.05) is 47.1 Å². The molecule has 6 nitrogen and oxygen atoms in total. The quantitative estimate of drug-likeness (QED) is 0.484. The molecule has 0 saturated heterocycles. The smallest absolute Gasteiger partial charge is 0.124 e. The number of ether oxygens (including phenoxy) is 4. The largest absolute Gasteiger partial charge is 0.497 e. The molecule has 0 aliphatic carbocycles. The van der Waals surface area contributed by atoms with Crippen LogP contribution >= 0.6 is 0 Å². The number of aliphatic hydroxyl groups excluding tert-OH is 1. The summed E-state index contributed by atoms with van der Waals surface area (Å²) in [6.45, 7) is 3.03. The number of hydrogen-bond acceptors (Lipinski definition) is 6. The van der Waals surface area contributed by atoms with Crippen molar-refractivity contribution in [2.24, 2.45) is 0 Å². The van der Waals surface area contributed by atoms with Gasteiger partial charge in [-0.25, -0.2) is 0 Å². The Morgan fingerprint density at radius 2 is 1.79 bits per heavy atom. The molecule has 0 aliphatic rings. The van der Waals surface area contributed by atoms with Crippen LogP contribution in [0.25, 0.3) is 0 Å². The summed E-state index contributed by atoms with van der Waals surface area (Å²) < 4.78 is 21.5. The second-order valence-corrected chi connectivity index (χ2v) is 6.42. The van der Waals surface area contributed by atoms with Gasteiger partial charge in [0, 0.05) is 19.2 Å². The molecule has 2 N–H and O–H groups in total. The number of hydrogen-bond donors (Lipinski definition) is 2. The van der Waals surface area contributed by atoms with Gasteiger partial charge in [0.05, 0.1) is 26.9 Å². The minimum atomic E-state index is -0.585. The van der Waals surface area contributed by atoms with Gasteiger partial charge < -0.3 is 29.4 Å². The minimum absolute atomic E-state index is 0.227. The van der Waals surface area contributed by atoms with Gasteiger partial charge in [-0.1, -0.05) is 30.3 Å². The molecule has 0 fully saturated rings. The topological polar surface area (TPSA) is 69.2 Å². The number of para-hydroxylation sites is 1. The van der Waals surface area contributed by atoms with Crippen LogP contribution in [0, 0.1) is 0 Å². The van der Waals surface area contributed by atoms with Gasteiger partial charge >= 0.3 is 0 Å². The van der Waals surface area contributed by atoms with Crippen molar-refractivity contribution in [3.63, 3.8) is 0 Å². The summed E-state index contributed by atoms with van der Waals surface area (Å²) in [5.74, 6) is 1.59. The van der Waals surface area contributed by atoms with E-state index in [0.717, 1.165) is 30.0 Å². The van der Waals surface area contributed by atoms with E-state index in [4.69, 9.17) is 18.9 Å². The Labute approximate surface area is 167 Å². The second kappa shape index (κ2) is 13.1. The van der Waals surface area contributed by atoms with Crippen LogP contribution in [0.4, 0.5) is 0 Å². The maximum atomic E-state index is 10.2. The molecule has 0 radical (unpaired) electrons. The zero-order valence-corrected chi connectivity index (χ0v) is 16.7. The van der Waals surface area contributed by atoms with Crippen molar-refractivity contribution < 1.29 is 24.1 Å². The van der Waals surface area contributed by atoms with Crippen molar-refractivity contribution in [1.29, 1.82) is 0 Å². The lowest BCUT2D eigenvalue weighted by Gasteiger charge is -2.16. The van der Waals surface area contributed by atoms with E-state index in [1.165, 1.54) is 5.56 Å². The SMILES string of the molecule is COCCOCc1ccccc1OCC(O)CNCCc1ccc(OC)cc1. The standard InChI is InChI=1S/C22H31NO5/c1-25-13-14-27-16-19-5-3-4-6-22(19)28-17-20(24)15-23-12-11-18-7-9-21(26-2)10-8-18/h3-10,20,23-24H,11-17H2,1-2H3. The van der Waals surface area contributed by atoms with Crippen molar-refractivity contribution >= 4 is 0 Å². The first kappa shape index (κ1) is 22.2. The van der Waals surface area contributed by atoms with Crippen LogP contribution in [-0.4, -0.2) is 58.3 Å². The average molecular weight is 389 g/mol. The van der Waals surface area contributed by atoms with Gasteiger partial charge in [-0.2, -0.15) is 0 Å². The Hall–Kier alpha value is -2.12. The third kappa shape index (κ3) is 8.27. The predicted molar refractivity (Wildman–Crippen MR) is 109 cm³/mol. The highest BCUT2D eigenvalue weighted by Crippen LogP contribution is 2.19. The van der Waals surface area contributed by atoms with Crippen molar-refractivity contribution in [2.45, 2.75) is 19.1 Å². The third-order valence-electron chi connectivity index (χ3n) is 4.22. The molecule has 2 rings (SSSR count). The minimum Gasteiger partial charge on any atom is -0.497 e. The molecule has 2 aromatic carbocycles. The number of rotatable bonds is 14. The highest BCUT2D eigenvalue weighted by molar-refractivity contribution is 5.32. The van der Waals surface area contributed by atoms with E-state index in [-0.39, 0.29) is 6.61 Å². The molecule has 0 heterocycles. The van der Waals surface area contributed by atoms with Crippen LogP contribution in [0.2, 0.25) is 0 Å². The van der Waals surface area contributed by atoms with Crippen molar-refractivity contribution in [1.82, 2.24) is 5.32 Å². The van der Waals surface area contributed by atoms with E-state index < -0.39 is 6.10 Å². The lowest BCUT2D eigenvalue weighted by molar-refractivity contribution is 0.0591. The lowest BCUT2D eigenvalue weighted by Crippen LogP contribution is -2.32. The number of benzene rings is 2. The Bertz CT molecular complexity index is 662. The fourth-order valence-electron chi connectivity index (χ4n) is 2.63. The average Bonchev–Trinajstić information content (AvgIpc) is 2.74. The zero-order valence-electron chi connectivity index (χ0n) is 16.7. The maximum absolute atomic E-state index is 10.2. The number of nitrogens with one attached hydrogen (secondary N) is 1. The van der Waals surface area contributed by atoms with Crippen LogP contribution in [0.15, 0.2) is 48.5 Å². The second-order valence-electron chi connectivity index (χ2n) is 6.42. The van der Waals surface area contributed by atoms with Gasteiger partial charge in [-0.3, -0.25) is 0 Å². The van der Waals surface area contributed by atoms with Crippen LogP contribution in [0.1, 0.15) is 11.1 Å². The van der Waals surface area contributed by atoms with Gasteiger partial charge in [0.25, 0.3) is 0 Å². The van der Waals surface area contributed by atoms with Crippen molar-refractivity contribution in [3.05, 3.63) is 59.7 Å². The van der Waals surface area contributed by atoms with E-state index >= 15 is 0 Å². The van der Waals surface area contributed by atoms with Crippen LogP contribution in [0.5, 0.6) is 11.5 Å². The molecule has 6 heteroatoms. The Morgan fingerprint density at radius 3 is 2.54 bits per heavy atom. The molecule has 154 valence electrons. The summed E-state index contributed by atoms with van der Waals surface area (Å²) in [5.41, 5.74) is 2.18. The first-order chi connectivity index (χ1) is 13.7. The van der Waals surface area contributed by atoms with E-state index in [9.17, 15) is 5.11 Å². The van der Waals surface area contributed by atoms with Crippen molar-refractivity contribution in [3.8, 4) is 11.5 Å². The fraction of sp³-hybridized carbons (Fsp3) is 0.455. The fourth-order valence-corrected chi connectivity index (χ4v) is 2.63. The van der Waals surface area contributed by atoms with Crippen LogP contribution in [-0.2, 0) is 22.5 Å². The zero-order chi connectivity index (χ0) is 20.0. The van der Waals surface area contributed by atoms with Crippen LogP contribution in [0.3, 0.4) is 0 Å². The molecule has 1 unspecified atom stereocenters. The number of aliphatic hydroxyl groups is 1. The summed E-state index contributed by atoms with van der Waals surface area (Å²) in [6, 6.07) is 15.7. The third-order valence-corrected chi connectivity index (χ3v) is 4.22.